The third-order valence-electron chi connectivity index (χ3n) is 3.94. The maximum Gasteiger partial charge on any atom is 0.0780 e. The van der Waals surface area contributed by atoms with Gasteiger partial charge < -0.3 is 0 Å². The highest BCUT2D eigenvalue weighted by Gasteiger charge is 2.08. The Labute approximate surface area is 129 Å². The van der Waals surface area contributed by atoms with Crippen LogP contribution >= 0.6 is 0 Å². The molecule has 0 amide bonds. The lowest BCUT2D eigenvalue weighted by Crippen LogP contribution is -1.88. The SMILES string of the molecule is c1ccc(-c2cccc3c(-c4ccccc4)nccc23)cc1. The highest BCUT2D eigenvalue weighted by atomic mass is 14.7. The monoisotopic (exact) mass is 281 g/mol. The van der Waals surface area contributed by atoms with E-state index in [4.69, 9.17) is 0 Å². The number of nitrogens with zero attached hydrogens (tertiary/aromatic N) is 1. The van der Waals surface area contributed by atoms with Crippen LogP contribution in [-0.2, 0) is 0 Å². The molecule has 3 aromatic carbocycles. The summed E-state index contributed by atoms with van der Waals surface area (Å²) < 4.78 is 0. The van der Waals surface area contributed by atoms with E-state index in [0.717, 1.165) is 11.3 Å². The van der Waals surface area contributed by atoms with Crippen LogP contribution in [0.3, 0.4) is 0 Å². The molecule has 0 saturated carbocycles. The molecule has 1 aromatic heterocycles. The van der Waals surface area contributed by atoms with Crippen LogP contribution in [0.2, 0.25) is 0 Å². The van der Waals surface area contributed by atoms with Crippen molar-refractivity contribution in [1.29, 1.82) is 0 Å². The largest absolute Gasteiger partial charge is 0.256 e. The fourth-order valence-corrected chi connectivity index (χ4v) is 2.90. The summed E-state index contributed by atoms with van der Waals surface area (Å²) >= 11 is 0. The van der Waals surface area contributed by atoms with E-state index in [9.17, 15) is 0 Å². The summed E-state index contributed by atoms with van der Waals surface area (Å²) in [6.07, 6.45) is 1.90. The maximum absolute atomic E-state index is 4.61. The number of rotatable bonds is 2. The Balaban J connectivity index is 2.00. The second kappa shape index (κ2) is 5.45. The molecule has 104 valence electrons. The highest BCUT2D eigenvalue weighted by molar-refractivity contribution is 6.02. The molecule has 0 aliphatic heterocycles. The number of hydrogen-bond acceptors (Lipinski definition) is 1. The summed E-state index contributed by atoms with van der Waals surface area (Å²) in [5.41, 5.74) is 4.67. The quantitative estimate of drug-likeness (QED) is 0.468. The zero-order chi connectivity index (χ0) is 14.8. The summed E-state index contributed by atoms with van der Waals surface area (Å²) in [7, 11) is 0. The van der Waals surface area contributed by atoms with Gasteiger partial charge >= 0.3 is 0 Å². The summed E-state index contributed by atoms with van der Waals surface area (Å²) in [6, 6.07) is 29.4. The maximum atomic E-state index is 4.61. The lowest BCUT2D eigenvalue weighted by atomic mass is 9.96. The zero-order valence-corrected chi connectivity index (χ0v) is 12.1. The van der Waals surface area contributed by atoms with Gasteiger partial charge in [-0.15, -0.1) is 0 Å². The molecule has 0 bridgehead atoms. The molecule has 0 unspecified atom stereocenters. The molecule has 0 atom stereocenters. The Morgan fingerprint density at radius 2 is 1.18 bits per heavy atom. The Bertz CT molecular complexity index is 833. The smallest absolute Gasteiger partial charge is 0.0780 e. The zero-order valence-electron chi connectivity index (χ0n) is 12.1. The van der Waals surface area contributed by atoms with Crippen molar-refractivity contribution in [2.75, 3.05) is 0 Å². The van der Waals surface area contributed by atoms with Crippen LogP contribution in [0.4, 0.5) is 0 Å². The lowest BCUT2D eigenvalue weighted by molar-refractivity contribution is 1.36. The van der Waals surface area contributed by atoms with Gasteiger partial charge in [0.1, 0.15) is 0 Å². The summed E-state index contributed by atoms with van der Waals surface area (Å²) in [5, 5.41) is 2.43. The molecule has 0 aliphatic rings. The predicted octanol–water partition coefficient (Wildman–Crippen LogP) is 5.57. The van der Waals surface area contributed by atoms with Crippen LogP contribution < -0.4 is 0 Å². The van der Waals surface area contributed by atoms with Crippen molar-refractivity contribution in [2.45, 2.75) is 0 Å². The van der Waals surface area contributed by atoms with Crippen molar-refractivity contribution in [2.24, 2.45) is 0 Å². The van der Waals surface area contributed by atoms with Crippen molar-refractivity contribution in [3.63, 3.8) is 0 Å². The van der Waals surface area contributed by atoms with Crippen molar-refractivity contribution in [3.05, 3.63) is 91.1 Å². The Kier molecular flexibility index (Phi) is 3.17. The van der Waals surface area contributed by atoms with Gasteiger partial charge in [-0.25, -0.2) is 0 Å². The topological polar surface area (TPSA) is 12.9 Å². The molecular weight excluding hydrogens is 266 g/mol. The molecule has 0 spiro atoms. The summed E-state index contributed by atoms with van der Waals surface area (Å²) in [6.45, 7) is 0. The first-order valence-electron chi connectivity index (χ1n) is 7.42. The van der Waals surface area contributed by atoms with Crippen LogP contribution in [0, 0.1) is 0 Å². The molecular formula is C21H15N. The van der Waals surface area contributed by atoms with Gasteiger partial charge in [0.25, 0.3) is 0 Å². The first-order valence-corrected chi connectivity index (χ1v) is 7.42. The highest BCUT2D eigenvalue weighted by Crippen LogP contribution is 2.33. The van der Waals surface area contributed by atoms with Gasteiger partial charge in [-0.2, -0.15) is 0 Å². The molecule has 1 heteroatoms. The van der Waals surface area contributed by atoms with E-state index in [2.05, 4.69) is 77.8 Å². The summed E-state index contributed by atoms with van der Waals surface area (Å²) in [4.78, 5) is 4.61. The number of pyridine rings is 1. The minimum absolute atomic E-state index is 1.04. The van der Waals surface area contributed by atoms with Gasteiger partial charge in [0.05, 0.1) is 5.69 Å². The van der Waals surface area contributed by atoms with Gasteiger partial charge in [-0.1, -0.05) is 78.9 Å². The minimum atomic E-state index is 1.04. The Morgan fingerprint density at radius 1 is 0.500 bits per heavy atom. The van der Waals surface area contributed by atoms with Crippen LogP contribution in [0.1, 0.15) is 0 Å². The average Bonchev–Trinajstić information content (AvgIpc) is 2.62. The standard InChI is InChI=1S/C21H15N/c1-3-8-16(9-4-1)18-12-7-13-20-19(18)14-15-22-21(20)17-10-5-2-6-11-17/h1-15H. The van der Waals surface area contributed by atoms with Crippen molar-refractivity contribution < 1.29 is 0 Å². The van der Waals surface area contributed by atoms with Crippen molar-refractivity contribution in [1.82, 2.24) is 4.98 Å². The van der Waals surface area contributed by atoms with Gasteiger partial charge in [0, 0.05) is 17.1 Å². The number of aromatic nitrogens is 1. The normalized spacial score (nSPS) is 10.7. The van der Waals surface area contributed by atoms with Crippen LogP contribution in [0.5, 0.6) is 0 Å². The molecule has 4 aromatic rings. The lowest BCUT2D eigenvalue weighted by Gasteiger charge is -2.10. The van der Waals surface area contributed by atoms with E-state index in [1.807, 2.05) is 18.3 Å². The molecule has 22 heavy (non-hydrogen) atoms. The van der Waals surface area contributed by atoms with Gasteiger partial charge in [-0.05, 0) is 22.6 Å². The van der Waals surface area contributed by atoms with E-state index in [0.29, 0.717) is 0 Å². The molecule has 4 rings (SSSR count). The molecule has 0 fully saturated rings. The third kappa shape index (κ3) is 2.17. The molecule has 0 N–H and O–H groups in total. The second-order valence-corrected chi connectivity index (χ2v) is 5.29. The van der Waals surface area contributed by atoms with Crippen LogP contribution in [0.15, 0.2) is 91.1 Å². The third-order valence-corrected chi connectivity index (χ3v) is 3.94. The first-order chi connectivity index (χ1) is 10.9. The van der Waals surface area contributed by atoms with Gasteiger partial charge in [0.15, 0.2) is 0 Å². The second-order valence-electron chi connectivity index (χ2n) is 5.29. The van der Waals surface area contributed by atoms with Crippen molar-refractivity contribution in [3.8, 4) is 22.4 Å². The molecule has 0 saturated heterocycles. The number of fused-ring (bicyclic) bond motifs is 1. The van der Waals surface area contributed by atoms with Gasteiger partial charge in [0.2, 0.25) is 0 Å². The number of benzene rings is 3. The Hall–Kier alpha value is -2.93. The van der Waals surface area contributed by atoms with Gasteiger partial charge in [-0.3, -0.25) is 4.98 Å². The Morgan fingerprint density at radius 3 is 1.91 bits per heavy atom. The van der Waals surface area contributed by atoms with Crippen LogP contribution in [-0.4, -0.2) is 4.98 Å². The van der Waals surface area contributed by atoms with E-state index < -0.39 is 0 Å². The molecule has 1 heterocycles. The average molecular weight is 281 g/mol. The molecule has 0 radical (unpaired) electrons. The fourth-order valence-electron chi connectivity index (χ4n) is 2.90. The van der Waals surface area contributed by atoms with E-state index >= 15 is 0 Å². The van der Waals surface area contributed by atoms with E-state index in [-0.39, 0.29) is 0 Å². The number of hydrogen-bond donors (Lipinski definition) is 0. The first kappa shape index (κ1) is 12.8. The molecule has 0 aliphatic carbocycles. The molecule has 1 nitrogen and oxygen atoms in total. The van der Waals surface area contributed by atoms with Crippen molar-refractivity contribution >= 4 is 10.8 Å². The minimum Gasteiger partial charge on any atom is -0.256 e. The fraction of sp³-hybridized carbons (Fsp3) is 0. The summed E-state index contributed by atoms with van der Waals surface area (Å²) in [5.74, 6) is 0. The predicted molar refractivity (Wildman–Crippen MR) is 92.6 cm³/mol. The van der Waals surface area contributed by atoms with E-state index in [1.54, 1.807) is 0 Å². The van der Waals surface area contributed by atoms with E-state index in [1.165, 1.54) is 21.9 Å². The van der Waals surface area contributed by atoms with Crippen LogP contribution in [0.25, 0.3) is 33.2 Å².